The summed E-state index contributed by atoms with van der Waals surface area (Å²) in [4.78, 5) is 34.1. The molecule has 0 spiro atoms. The number of hydrogen-bond donors (Lipinski definition) is 4. The second-order valence-corrected chi connectivity index (χ2v) is 5.07. The monoisotopic (exact) mass is 271 g/mol. The maximum atomic E-state index is 11.7. The molecule has 1 saturated carbocycles. The van der Waals surface area contributed by atoms with Crippen molar-refractivity contribution in [1.29, 1.82) is 0 Å². The molecular weight excluding hydrogens is 250 g/mol. The molecule has 0 aromatic heterocycles. The average Bonchev–Trinajstić information content (AvgIpc) is 2.35. The van der Waals surface area contributed by atoms with Gasteiger partial charge in [-0.3, -0.25) is 4.79 Å². The van der Waals surface area contributed by atoms with Gasteiger partial charge in [0.05, 0.1) is 6.54 Å². The lowest BCUT2D eigenvalue weighted by Crippen LogP contribution is -2.59. The molecule has 0 aromatic rings. The van der Waals surface area contributed by atoms with Crippen LogP contribution in [0.15, 0.2) is 0 Å². The Morgan fingerprint density at radius 2 is 2.05 bits per heavy atom. The van der Waals surface area contributed by atoms with Gasteiger partial charge < -0.3 is 21.1 Å². The number of rotatable bonds is 4. The summed E-state index contributed by atoms with van der Waals surface area (Å²) in [5.41, 5.74) is -1.22. The summed E-state index contributed by atoms with van der Waals surface area (Å²) in [7, 11) is 1.46. The largest absolute Gasteiger partial charge is 0.480 e. The summed E-state index contributed by atoms with van der Waals surface area (Å²) in [6, 6.07) is -0.625. The van der Waals surface area contributed by atoms with Gasteiger partial charge in [0.1, 0.15) is 5.54 Å². The molecule has 1 aliphatic carbocycles. The molecule has 1 rings (SSSR count). The molecule has 1 aliphatic rings. The highest BCUT2D eigenvalue weighted by Gasteiger charge is 2.43. The van der Waals surface area contributed by atoms with Crippen LogP contribution in [0.3, 0.4) is 0 Å². The van der Waals surface area contributed by atoms with Gasteiger partial charge in [-0.2, -0.15) is 0 Å². The van der Waals surface area contributed by atoms with E-state index in [1.807, 2.05) is 6.92 Å². The summed E-state index contributed by atoms with van der Waals surface area (Å²) in [5, 5.41) is 16.6. The number of carbonyl (C=O) groups is 3. The minimum absolute atomic E-state index is 0.173. The predicted octanol–water partition coefficient (Wildman–Crippen LogP) is 0.0651. The van der Waals surface area contributed by atoms with E-state index in [1.165, 1.54) is 7.05 Å². The quantitative estimate of drug-likeness (QED) is 0.580. The molecule has 2 unspecified atom stereocenters. The fourth-order valence-corrected chi connectivity index (χ4v) is 2.42. The summed E-state index contributed by atoms with van der Waals surface area (Å²) in [5.74, 6) is -1.10. The first-order valence-electron chi connectivity index (χ1n) is 6.39. The van der Waals surface area contributed by atoms with Crippen molar-refractivity contribution >= 4 is 17.9 Å². The van der Waals surface area contributed by atoms with E-state index in [2.05, 4.69) is 16.0 Å². The van der Waals surface area contributed by atoms with Crippen molar-refractivity contribution in [3.63, 3.8) is 0 Å². The summed E-state index contributed by atoms with van der Waals surface area (Å²) < 4.78 is 0. The number of nitrogens with one attached hydrogen (secondary N) is 3. The van der Waals surface area contributed by atoms with Gasteiger partial charge in [-0.25, -0.2) is 9.59 Å². The molecule has 3 amide bonds. The van der Waals surface area contributed by atoms with Crippen LogP contribution in [0.2, 0.25) is 0 Å². The van der Waals surface area contributed by atoms with Crippen molar-refractivity contribution in [1.82, 2.24) is 16.0 Å². The molecule has 0 heterocycles. The van der Waals surface area contributed by atoms with E-state index >= 15 is 0 Å². The molecule has 0 saturated heterocycles. The Morgan fingerprint density at radius 3 is 2.58 bits per heavy atom. The van der Waals surface area contributed by atoms with Crippen molar-refractivity contribution < 1.29 is 19.5 Å². The molecule has 1 fully saturated rings. The number of likely N-dealkylation sites (N-methyl/N-ethyl adjacent to an activating group) is 1. The van der Waals surface area contributed by atoms with Crippen molar-refractivity contribution in [2.45, 2.75) is 38.1 Å². The number of carbonyl (C=O) groups excluding carboxylic acids is 2. The third-order valence-corrected chi connectivity index (χ3v) is 3.45. The zero-order valence-corrected chi connectivity index (χ0v) is 11.3. The highest BCUT2D eigenvalue weighted by molar-refractivity contribution is 5.88. The molecular formula is C12H21N3O4. The molecule has 108 valence electrons. The third-order valence-electron chi connectivity index (χ3n) is 3.45. The van der Waals surface area contributed by atoms with Crippen LogP contribution in [0, 0.1) is 5.92 Å². The minimum Gasteiger partial charge on any atom is -0.480 e. The highest BCUT2D eigenvalue weighted by Crippen LogP contribution is 2.32. The maximum Gasteiger partial charge on any atom is 0.329 e. The zero-order valence-electron chi connectivity index (χ0n) is 11.3. The van der Waals surface area contributed by atoms with Crippen molar-refractivity contribution in [2.75, 3.05) is 13.6 Å². The smallest absolute Gasteiger partial charge is 0.329 e. The number of carboxylic acids is 1. The molecule has 7 heteroatoms. The molecule has 0 aliphatic heterocycles. The third kappa shape index (κ3) is 4.11. The molecule has 2 atom stereocenters. The second-order valence-electron chi connectivity index (χ2n) is 5.07. The Hall–Kier alpha value is -1.79. The first-order valence-corrected chi connectivity index (χ1v) is 6.39. The van der Waals surface area contributed by atoms with Crippen molar-refractivity contribution in [3.05, 3.63) is 0 Å². The van der Waals surface area contributed by atoms with Crippen LogP contribution in [-0.2, 0) is 9.59 Å². The summed E-state index contributed by atoms with van der Waals surface area (Å²) >= 11 is 0. The molecule has 0 radical (unpaired) electrons. The van der Waals surface area contributed by atoms with E-state index < -0.39 is 17.5 Å². The predicted molar refractivity (Wildman–Crippen MR) is 68.6 cm³/mol. The number of carboxylic acid groups (broad SMARTS) is 1. The first-order chi connectivity index (χ1) is 8.89. The summed E-state index contributed by atoms with van der Waals surface area (Å²) in [6.07, 6.45) is 2.57. The second kappa shape index (κ2) is 6.40. The Balaban J connectivity index is 2.61. The van der Waals surface area contributed by atoms with Gasteiger partial charge in [-0.15, -0.1) is 0 Å². The van der Waals surface area contributed by atoms with Gasteiger partial charge in [0, 0.05) is 7.05 Å². The van der Waals surface area contributed by atoms with E-state index in [0.717, 1.165) is 12.8 Å². The molecule has 7 nitrogen and oxygen atoms in total. The van der Waals surface area contributed by atoms with E-state index in [9.17, 15) is 19.5 Å². The Bertz CT molecular complexity index is 372. The lowest BCUT2D eigenvalue weighted by molar-refractivity contribution is -0.146. The van der Waals surface area contributed by atoms with E-state index in [4.69, 9.17) is 0 Å². The minimum atomic E-state index is -1.22. The topological polar surface area (TPSA) is 108 Å². The van der Waals surface area contributed by atoms with Crippen LogP contribution >= 0.6 is 0 Å². The van der Waals surface area contributed by atoms with Gasteiger partial charge in [-0.1, -0.05) is 19.8 Å². The van der Waals surface area contributed by atoms with Crippen LogP contribution in [0.5, 0.6) is 0 Å². The standard InChI is InChI=1S/C12H21N3O4/c1-8-4-3-5-12(6-8,10(17)18)15-11(19)14-7-9(16)13-2/h8H,3-7H2,1-2H3,(H,13,16)(H,17,18)(H2,14,15,19). The van der Waals surface area contributed by atoms with Gasteiger partial charge in [0.2, 0.25) is 5.91 Å². The van der Waals surface area contributed by atoms with Gasteiger partial charge in [0.25, 0.3) is 0 Å². The van der Waals surface area contributed by atoms with Gasteiger partial charge in [0.15, 0.2) is 0 Å². The lowest BCUT2D eigenvalue weighted by Gasteiger charge is -2.36. The molecule has 0 aromatic carbocycles. The average molecular weight is 271 g/mol. The Morgan fingerprint density at radius 1 is 1.37 bits per heavy atom. The van der Waals surface area contributed by atoms with E-state index in [0.29, 0.717) is 12.8 Å². The molecule has 0 bridgehead atoms. The van der Waals surface area contributed by atoms with Gasteiger partial charge in [-0.05, 0) is 18.8 Å². The number of urea groups is 1. The zero-order chi connectivity index (χ0) is 14.5. The van der Waals surface area contributed by atoms with Crippen LogP contribution in [0.4, 0.5) is 4.79 Å². The number of amides is 3. The van der Waals surface area contributed by atoms with E-state index in [-0.39, 0.29) is 18.4 Å². The van der Waals surface area contributed by atoms with Crippen LogP contribution in [0.1, 0.15) is 32.6 Å². The lowest BCUT2D eigenvalue weighted by atomic mass is 9.76. The maximum absolute atomic E-state index is 11.7. The van der Waals surface area contributed by atoms with Gasteiger partial charge >= 0.3 is 12.0 Å². The fourth-order valence-electron chi connectivity index (χ4n) is 2.42. The number of aliphatic carboxylic acids is 1. The first kappa shape index (κ1) is 15.3. The van der Waals surface area contributed by atoms with Crippen LogP contribution in [0.25, 0.3) is 0 Å². The van der Waals surface area contributed by atoms with Crippen molar-refractivity contribution in [3.8, 4) is 0 Å². The molecule has 4 N–H and O–H groups in total. The van der Waals surface area contributed by atoms with Crippen molar-refractivity contribution in [2.24, 2.45) is 5.92 Å². The Kier molecular flexibility index (Phi) is 5.14. The Labute approximate surface area is 112 Å². The van der Waals surface area contributed by atoms with Crippen LogP contribution < -0.4 is 16.0 Å². The fraction of sp³-hybridized carbons (Fsp3) is 0.750. The van der Waals surface area contributed by atoms with Crippen LogP contribution in [-0.4, -0.2) is 42.1 Å². The normalized spacial score (nSPS) is 26.3. The number of hydrogen-bond acceptors (Lipinski definition) is 3. The molecule has 19 heavy (non-hydrogen) atoms. The highest BCUT2D eigenvalue weighted by atomic mass is 16.4. The summed E-state index contributed by atoms with van der Waals surface area (Å²) in [6.45, 7) is 1.80. The van der Waals surface area contributed by atoms with E-state index in [1.54, 1.807) is 0 Å². The SMILES string of the molecule is CNC(=O)CNC(=O)NC1(C(=O)O)CCCC(C)C1.